The fraction of sp³-hybridized carbons (Fsp3) is 0.500. The predicted octanol–water partition coefficient (Wildman–Crippen LogP) is 3.20. The molecule has 2 unspecified atom stereocenters. The maximum Gasteiger partial charge on any atom is 0.330 e. The fourth-order valence-electron chi connectivity index (χ4n) is 2.27. The molecule has 0 aromatic heterocycles. The number of carbonyl (C=O) groups is 2. The average Bonchev–Trinajstić information content (AvgIpc) is 2.39. The van der Waals surface area contributed by atoms with E-state index in [1.165, 1.54) is 18.2 Å². The number of halogens is 1. The summed E-state index contributed by atoms with van der Waals surface area (Å²) in [5.41, 5.74) is 0.727. The number of nitrogens with one attached hydrogen (secondary N) is 1. The summed E-state index contributed by atoms with van der Waals surface area (Å²) in [5, 5.41) is 11.8. The molecule has 2 atom stereocenters. The number of aliphatic carboxylic acids is 1. The van der Waals surface area contributed by atoms with Crippen molar-refractivity contribution in [1.82, 2.24) is 5.32 Å². The summed E-state index contributed by atoms with van der Waals surface area (Å²) in [5.74, 6) is -1.65. The maximum atomic E-state index is 13.2. The zero-order chi connectivity index (χ0) is 16.0. The Kier molecular flexibility index (Phi) is 6.34. The van der Waals surface area contributed by atoms with E-state index in [1.54, 1.807) is 6.92 Å². The SMILES string of the molecule is CCCC(C)CC(=O)NC(C(=O)O)c1ccc(F)c(C)c1. The lowest BCUT2D eigenvalue weighted by Crippen LogP contribution is -2.34. The molecular weight excluding hydrogens is 273 g/mol. The van der Waals surface area contributed by atoms with Crippen molar-refractivity contribution >= 4 is 11.9 Å². The second-order valence-corrected chi connectivity index (χ2v) is 5.45. The first-order valence-corrected chi connectivity index (χ1v) is 7.13. The number of aryl methyl sites for hydroxylation is 1. The zero-order valence-corrected chi connectivity index (χ0v) is 12.6. The van der Waals surface area contributed by atoms with Crippen molar-refractivity contribution in [3.63, 3.8) is 0 Å². The smallest absolute Gasteiger partial charge is 0.330 e. The molecular formula is C16H22FNO3. The Hall–Kier alpha value is -1.91. The number of hydrogen-bond acceptors (Lipinski definition) is 2. The zero-order valence-electron chi connectivity index (χ0n) is 12.6. The molecule has 4 nitrogen and oxygen atoms in total. The average molecular weight is 295 g/mol. The topological polar surface area (TPSA) is 66.4 Å². The summed E-state index contributed by atoms with van der Waals surface area (Å²) in [4.78, 5) is 23.3. The lowest BCUT2D eigenvalue weighted by molar-refractivity contribution is -0.142. The summed E-state index contributed by atoms with van der Waals surface area (Å²) in [6.45, 7) is 5.56. The molecule has 0 radical (unpaired) electrons. The van der Waals surface area contributed by atoms with E-state index < -0.39 is 17.8 Å². The summed E-state index contributed by atoms with van der Waals surface area (Å²) >= 11 is 0. The van der Waals surface area contributed by atoms with Crippen molar-refractivity contribution in [3.05, 3.63) is 35.1 Å². The summed E-state index contributed by atoms with van der Waals surface area (Å²) in [6, 6.07) is 2.90. The second-order valence-electron chi connectivity index (χ2n) is 5.45. The van der Waals surface area contributed by atoms with E-state index in [-0.39, 0.29) is 18.2 Å². The molecule has 1 aromatic carbocycles. The van der Waals surface area contributed by atoms with Gasteiger partial charge >= 0.3 is 5.97 Å². The molecule has 0 aliphatic carbocycles. The summed E-state index contributed by atoms with van der Waals surface area (Å²) in [7, 11) is 0. The van der Waals surface area contributed by atoms with Gasteiger partial charge in [-0.3, -0.25) is 4.79 Å². The van der Waals surface area contributed by atoms with Gasteiger partial charge in [-0.25, -0.2) is 9.18 Å². The molecule has 0 bridgehead atoms. The molecule has 0 saturated carbocycles. The summed E-state index contributed by atoms with van der Waals surface area (Å²) in [6.07, 6.45) is 2.19. The number of rotatable bonds is 7. The lowest BCUT2D eigenvalue weighted by Gasteiger charge is -2.17. The van der Waals surface area contributed by atoms with Crippen molar-refractivity contribution in [2.24, 2.45) is 5.92 Å². The van der Waals surface area contributed by atoms with Crippen LogP contribution in [0, 0.1) is 18.7 Å². The van der Waals surface area contributed by atoms with E-state index in [1.807, 2.05) is 13.8 Å². The predicted molar refractivity (Wildman–Crippen MR) is 78.3 cm³/mol. The standard InChI is InChI=1S/C16H22FNO3/c1-4-5-10(2)8-14(19)18-15(16(20)21)12-6-7-13(17)11(3)9-12/h6-7,9-10,15H,4-5,8H2,1-3H3,(H,18,19)(H,20,21). The third kappa shape index (κ3) is 5.17. The Morgan fingerprint density at radius 3 is 2.57 bits per heavy atom. The van der Waals surface area contributed by atoms with Gasteiger partial charge in [0.25, 0.3) is 0 Å². The minimum atomic E-state index is -1.16. The van der Waals surface area contributed by atoms with Crippen LogP contribution in [0.1, 0.15) is 50.3 Å². The van der Waals surface area contributed by atoms with Crippen LogP contribution >= 0.6 is 0 Å². The first-order valence-electron chi connectivity index (χ1n) is 7.13. The third-order valence-corrected chi connectivity index (χ3v) is 3.38. The van der Waals surface area contributed by atoms with E-state index in [2.05, 4.69) is 5.32 Å². The van der Waals surface area contributed by atoms with Crippen molar-refractivity contribution in [3.8, 4) is 0 Å². The van der Waals surface area contributed by atoms with E-state index >= 15 is 0 Å². The van der Waals surface area contributed by atoms with Gasteiger partial charge in [-0.15, -0.1) is 0 Å². The number of amides is 1. The van der Waals surface area contributed by atoms with E-state index in [0.29, 0.717) is 11.1 Å². The van der Waals surface area contributed by atoms with E-state index in [4.69, 9.17) is 0 Å². The number of hydrogen-bond donors (Lipinski definition) is 2. The Morgan fingerprint density at radius 1 is 1.38 bits per heavy atom. The first kappa shape index (κ1) is 17.1. The molecule has 21 heavy (non-hydrogen) atoms. The Morgan fingerprint density at radius 2 is 2.05 bits per heavy atom. The molecule has 0 saturated heterocycles. The number of carboxylic acid groups (broad SMARTS) is 1. The van der Waals surface area contributed by atoms with Crippen LogP contribution in [0.4, 0.5) is 4.39 Å². The number of benzene rings is 1. The van der Waals surface area contributed by atoms with Crippen molar-refractivity contribution in [1.29, 1.82) is 0 Å². The normalized spacial score (nSPS) is 13.5. The first-order chi connectivity index (χ1) is 9.85. The molecule has 1 rings (SSSR count). The van der Waals surface area contributed by atoms with Crippen LogP contribution in [0.5, 0.6) is 0 Å². The minimum Gasteiger partial charge on any atom is -0.479 e. The van der Waals surface area contributed by atoms with Crippen LogP contribution in [0.3, 0.4) is 0 Å². The monoisotopic (exact) mass is 295 g/mol. The van der Waals surface area contributed by atoms with E-state index in [9.17, 15) is 19.1 Å². The molecule has 0 spiro atoms. The molecule has 1 aromatic rings. The number of carbonyl (C=O) groups excluding carboxylic acids is 1. The van der Waals surface area contributed by atoms with Crippen molar-refractivity contribution in [2.75, 3.05) is 0 Å². The Labute approximate surface area is 124 Å². The van der Waals surface area contributed by atoms with Gasteiger partial charge in [-0.2, -0.15) is 0 Å². The maximum absolute atomic E-state index is 13.2. The van der Waals surface area contributed by atoms with Gasteiger partial charge in [-0.05, 0) is 30.0 Å². The quantitative estimate of drug-likeness (QED) is 0.811. The largest absolute Gasteiger partial charge is 0.479 e. The lowest BCUT2D eigenvalue weighted by atomic mass is 10.0. The van der Waals surface area contributed by atoms with Crippen molar-refractivity contribution < 1.29 is 19.1 Å². The second kappa shape index (κ2) is 7.76. The highest BCUT2D eigenvalue weighted by Gasteiger charge is 2.23. The molecule has 0 aliphatic rings. The van der Waals surface area contributed by atoms with Crippen molar-refractivity contribution in [2.45, 2.75) is 46.1 Å². The van der Waals surface area contributed by atoms with Crippen LogP contribution in [0.15, 0.2) is 18.2 Å². The molecule has 0 heterocycles. The van der Waals surface area contributed by atoms with Gasteiger partial charge in [0, 0.05) is 6.42 Å². The molecule has 116 valence electrons. The molecule has 2 N–H and O–H groups in total. The van der Waals surface area contributed by atoms with Crippen LogP contribution in [0.2, 0.25) is 0 Å². The highest BCUT2D eigenvalue weighted by atomic mass is 19.1. The van der Waals surface area contributed by atoms with Gasteiger partial charge in [0.15, 0.2) is 6.04 Å². The van der Waals surface area contributed by atoms with Gasteiger partial charge in [0.2, 0.25) is 5.91 Å². The van der Waals surface area contributed by atoms with Gasteiger partial charge in [0.1, 0.15) is 5.82 Å². The summed E-state index contributed by atoms with van der Waals surface area (Å²) < 4.78 is 13.2. The number of carboxylic acids is 1. The van der Waals surface area contributed by atoms with E-state index in [0.717, 1.165) is 12.8 Å². The van der Waals surface area contributed by atoms with Crippen LogP contribution < -0.4 is 5.32 Å². The Balaban J connectivity index is 2.80. The molecule has 1 amide bonds. The molecule has 0 aliphatic heterocycles. The fourth-order valence-corrected chi connectivity index (χ4v) is 2.27. The minimum absolute atomic E-state index is 0.208. The molecule has 0 fully saturated rings. The highest BCUT2D eigenvalue weighted by Crippen LogP contribution is 2.18. The highest BCUT2D eigenvalue weighted by molar-refractivity contribution is 5.84. The van der Waals surface area contributed by atoms with Crippen LogP contribution in [0.25, 0.3) is 0 Å². The van der Waals surface area contributed by atoms with Gasteiger partial charge < -0.3 is 10.4 Å². The van der Waals surface area contributed by atoms with Gasteiger partial charge in [0.05, 0.1) is 0 Å². The molecule has 5 heteroatoms. The van der Waals surface area contributed by atoms with Gasteiger partial charge in [-0.1, -0.05) is 38.8 Å². The van der Waals surface area contributed by atoms with Crippen LogP contribution in [-0.2, 0) is 9.59 Å². The third-order valence-electron chi connectivity index (χ3n) is 3.38. The Bertz CT molecular complexity index is 516. The van der Waals surface area contributed by atoms with Crippen LogP contribution in [-0.4, -0.2) is 17.0 Å².